The maximum Gasteiger partial charge on any atom is 0.333 e. The van der Waals surface area contributed by atoms with Gasteiger partial charge in [0.05, 0.1) is 20.9 Å². The van der Waals surface area contributed by atoms with Gasteiger partial charge in [0.1, 0.15) is 15.8 Å². The Morgan fingerprint density at radius 2 is 1.89 bits per heavy atom. The minimum absolute atomic E-state index is 0.0243. The molecule has 0 fully saturated rings. The first-order chi connectivity index (χ1) is 17.9. The smallest absolute Gasteiger partial charge is 0.333 e. The zero-order chi connectivity index (χ0) is 27.6. The SMILES string of the molecule is CN(C)CCNc1ccc2c(=O)n(-c3ccc(CC(=O)CS(=O)(=O)c4ccc(Cl)s4)cc3F)c(=O)[nH]c2c1. The number of hydrogen-bond donors (Lipinski definition) is 2. The highest BCUT2D eigenvalue weighted by Gasteiger charge is 2.22. The van der Waals surface area contributed by atoms with Crippen molar-refractivity contribution in [3.05, 3.63) is 85.1 Å². The van der Waals surface area contributed by atoms with E-state index in [0.717, 1.165) is 29.6 Å². The van der Waals surface area contributed by atoms with Gasteiger partial charge >= 0.3 is 5.69 Å². The van der Waals surface area contributed by atoms with Crippen LogP contribution >= 0.6 is 22.9 Å². The van der Waals surface area contributed by atoms with Crippen LogP contribution in [0.5, 0.6) is 0 Å². The highest BCUT2D eigenvalue weighted by Crippen LogP contribution is 2.26. The molecule has 0 saturated heterocycles. The highest BCUT2D eigenvalue weighted by atomic mass is 35.5. The van der Waals surface area contributed by atoms with Crippen molar-refractivity contribution in [2.75, 3.05) is 38.3 Å². The number of carbonyl (C=O) groups excluding carboxylic acids is 1. The van der Waals surface area contributed by atoms with Crippen LogP contribution in [-0.4, -0.2) is 61.6 Å². The number of nitrogens with one attached hydrogen (secondary N) is 2. The summed E-state index contributed by atoms with van der Waals surface area (Å²) in [6.45, 7) is 1.45. The van der Waals surface area contributed by atoms with E-state index in [1.807, 2.05) is 19.0 Å². The van der Waals surface area contributed by atoms with E-state index in [1.54, 1.807) is 18.2 Å². The summed E-state index contributed by atoms with van der Waals surface area (Å²) >= 11 is 6.63. The van der Waals surface area contributed by atoms with Crippen molar-refractivity contribution in [2.24, 2.45) is 0 Å². The lowest BCUT2D eigenvalue weighted by Crippen LogP contribution is -2.34. The van der Waals surface area contributed by atoms with E-state index >= 15 is 4.39 Å². The van der Waals surface area contributed by atoms with Gasteiger partial charge in [0, 0.05) is 25.2 Å². The van der Waals surface area contributed by atoms with Crippen LogP contribution in [0.1, 0.15) is 5.56 Å². The minimum atomic E-state index is -3.87. The predicted octanol–water partition coefficient (Wildman–Crippen LogP) is 3.09. The zero-order valence-electron chi connectivity index (χ0n) is 20.5. The summed E-state index contributed by atoms with van der Waals surface area (Å²) in [5.41, 5.74) is -0.584. The molecule has 0 saturated carbocycles. The van der Waals surface area contributed by atoms with E-state index in [-0.39, 0.29) is 31.6 Å². The molecule has 13 heteroatoms. The van der Waals surface area contributed by atoms with Crippen LogP contribution in [0.25, 0.3) is 16.6 Å². The van der Waals surface area contributed by atoms with Gasteiger partial charge in [0.25, 0.3) is 5.56 Å². The van der Waals surface area contributed by atoms with E-state index in [9.17, 15) is 22.8 Å². The number of rotatable bonds is 10. The molecule has 0 atom stereocenters. The maximum atomic E-state index is 15.1. The van der Waals surface area contributed by atoms with Crippen LogP contribution < -0.4 is 16.6 Å². The Balaban J connectivity index is 1.56. The van der Waals surface area contributed by atoms with Crippen molar-refractivity contribution in [1.82, 2.24) is 14.5 Å². The summed E-state index contributed by atoms with van der Waals surface area (Å²) < 4.78 is 40.8. The first kappa shape index (κ1) is 27.7. The second-order valence-electron chi connectivity index (χ2n) is 8.88. The minimum Gasteiger partial charge on any atom is -0.384 e. The summed E-state index contributed by atoms with van der Waals surface area (Å²) in [4.78, 5) is 42.9. The third kappa shape index (κ3) is 6.21. The van der Waals surface area contributed by atoms with Gasteiger partial charge in [-0.2, -0.15) is 0 Å². The molecule has 2 N–H and O–H groups in total. The Morgan fingerprint density at radius 3 is 2.55 bits per heavy atom. The van der Waals surface area contributed by atoms with E-state index in [1.165, 1.54) is 24.3 Å². The van der Waals surface area contributed by atoms with E-state index in [2.05, 4.69) is 10.3 Å². The lowest BCUT2D eigenvalue weighted by Gasteiger charge is -2.12. The molecule has 0 aliphatic heterocycles. The Labute approximate surface area is 226 Å². The van der Waals surface area contributed by atoms with Crippen molar-refractivity contribution in [2.45, 2.75) is 10.6 Å². The predicted molar refractivity (Wildman–Crippen MR) is 147 cm³/mol. The van der Waals surface area contributed by atoms with Gasteiger partial charge in [-0.05, 0) is 62.1 Å². The van der Waals surface area contributed by atoms with Crippen LogP contribution in [0.2, 0.25) is 4.34 Å². The molecular formula is C25H24ClFN4O5S2. The molecule has 0 spiro atoms. The van der Waals surface area contributed by atoms with Crippen molar-refractivity contribution >= 4 is 55.1 Å². The molecule has 200 valence electrons. The van der Waals surface area contributed by atoms with Crippen molar-refractivity contribution < 1.29 is 17.6 Å². The van der Waals surface area contributed by atoms with E-state index < -0.39 is 38.4 Å². The number of anilines is 1. The summed E-state index contributed by atoms with van der Waals surface area (Å²) in [6.07, 6.45) is -0.345. The summed E-state index contributed by atoms with van der Waals surface area (Å²) in [7, 11) is 0.0159. The Bertz CT molecular complexity index is 1740. The molecule has 38 heavy (non-hydrogen) atoms. The average Bonchev–Trinajstić information content (AvgIpc) is 3.27. The van der Waals surface area contributed by atoms with Gasteiger partial charge in [-0.1, -0.05) is 17.7 Å². The number of Topliss-reactive ketones (excluding diaryl/α,β-unsaturated/α-hetero) is 1. The number of benzene rings is 2. The highest BCUT2D eigenvalue weighted by molar-refractivity contribution is 7.94. The first-order valence-electron chi connectivity index (χ1n) is 11.4. The fourth-order valence-corrected chi connectivity index (χ4v) is 6.65. The fraction of sp³-hybridized carbons (Fsp3) is 0.240. The number of aromatic amines is 1. The molecule has 0 radical (unpaired) electrons. The molecule has 0 bridgehead atoms. The van der Waals surface area contributed by atoms with Gasteiger partial charge in [0.15, 0.2) is 15.6 Å². The van der Waals surface area contributed by atoms with Crippen molar-refractivity contribution in [3.63, 3.8) is 0 Å². The monoisotopic (exact) mass is 578 g/mol. The van der Waals surface area contributed by atoms with E-state index in [4.69, 9.17) is 11.6 Å². The number of nitrogens with zero attached hydrogens (tertiary/aromatic N) is 2. The molecule has 9 nitrogen and oxygen atoms in total. The molecule has 2 aromatic heterocycles. The van der Waals surface area contributed by atoms with Gasteiger partial charge in [-0.25, -0.2) is 22.2 Å². The number of likely N-dealkylation sites (N-methyl/N-ethyl adjacent to an activating group) is 1. The second kappa shape index (κ2) is 11.2. The third-order valence-corrected chi connectivity index (χ3v) is 9.14. The topological polar surface area (TPSA) is 121 Å². The zero-order valence-corrected chi connectivity index (χ0v) is 22.8. The van der Waals surface area contributed by atoms with Crippen molar-refractivity contribution in [3.8, 4) is 5.69 Å². The number of hydrogen-bond acceptors (Lipinski definition) is 8. The number of fused-ring (bicyclic) bond motifs is 1. The van der Waals surface area contributed by atoms with Crippen LogP contribution in [0.4, 0.5) is 10.1 Å². The molecular weight excluding hydrogens is 555 g/mol. The van der Waals surface area contributed by atoms with Gasteiger partial charge in [-0.3, -0.25) is 9.59 Å². The summed E-state index contributed by atoms with van der Waals surface area (Å²) in [6, 6.07) is 11.2. The molecule has 0 unspecified atom stereocenters. The number of H-pyrrole nitrogens is 1. The number of halogens is 2. The second-order valence-corrected chi connectivity index (χ2v) is 12.8. The number of carbonyl (C=O) groups is 1. The summed E-state index contributed by atoms with van der Waals surface area (Å²) in [5.74, 6) is -2.31. The number of aromatic nitrogens is 2. The average molecular weight is 579 g/mol. The third-order valence-electron chi connectivity index (χ3n) is 5.65. The molecule has 0 aliphatic rings. The maximum absolute atomic E-state index is 15.1. The number of sulfone groups is 1. The lowest BCUT2D eigenvalue weighted by atomic mass is 10.1. The summed E-state index contributed by atoms with van der Waals surface area (Å²) in [5, 5.41) is 3.40. The molecule has 0 aliphatic carbocycles. The standard InChI is InChI=1S/C25H24ClFN4O5S2/c1-30(2)10-9-28-16-4-5-18-20(13-16)29-25(34)31(24(18)33)21-6-3-15(12-19(21)27)11-17(32)14-38(35,36)23-8-7-22(26)37-23/h3-8,12-13,28H,9-11,14H2,1-2H3,(H,29,34). The van der Waals surface area contributed by atoms with E-state index in [0.29, 0.717) is 16.6 Å². The van der Waals surface area contributed by atoms with Crippen LogP contribution in [0.15, 0.2) is 62.3 Å². The molecule has 0 amide bonds. The number of ketones is 1. The largest absolute Gasteiger partial charge is 0.384 e. The Hall–Kier alpha value is -3.32. The molecule has 4 rings (SSSR count). The van der Waals surface area contributed by atoms with Gasteiger partial charge < -0.3 is 15.2 Å². The van der Waals surface area contributed by atoms with Gasteiger partial charge in [0.2, 0.25) is 0 Å². The van der Waals surface area contributed by atoms with Gasteiger partial charge in [-0.15, -0.1) is 11.3 Å². The Morgan fingerprint density at radius 1 is 1.13 bits per heavy atom. The van der Waals surface area contributed by atoms with Crippen LogP contribution in [0.3, 0.4) is 0 Å². The quantitative estimate of drug-likeness (QED) is 0.297. The molecule has 2 heterocycles. The normalized spacial score (nSPS) is 11.8. The fourth-order valence-electron chi connectivity index (χ4n) is 3.84. The molecule has 4 aromatic rings. The number of thiophene rings is 1. The van der Waals surface area contributed by atoms with Crippen molar-refractivity contribution in [1.29, 1.82) is 0 Å². The lowest BCUT2D eigenvalue weighted by molar-refractivity contribution is -0.116. The van der Waals surface area contributed by atoms with Crippen LogP contribution in [0, 0.1) is 5.82 Å². The first-order valence-corrected chi connectivity index (χ1v) is 14.3. The Kier molecular flexibility index (Phi) is 8.16. The molecule has 2 aromatic carbocycles. The van der Waals surface area contributed by atoms with Crippen LogP contribution in [-0.2, 0) is 21.1 Å².